The summed E-state index contributed by atoms with van der Waals surface area (Å²) in [4.78, 5) is 1.33. The Morgan fingerprint density at radius 2 is 2.00 bits per heavy atom. The van der Waals surface area contributed by atoms with E-state index in [1.165, 1.54) is 14.9 Å². The van der Waals surface area contributed by atoms with E-state index in [1.54, 1.807) is 11.3 Å². The third-order valence-corrected chi connectivity index (χ3v) is 5.14. The van der Waals surface area contributed by atoms with E-state index >= 15 is 0 Å². The van der Waals surface area contributed by atoms with Crippen LogP contribution in [0.3, 0.4) is 0 Å². The second-order valence-electron chi connectivity index (χ2n) is 4.61. The summed E-state index contributed by atoms with van der Waals surface area (Å²) < 4.78 is 6.77. The van der Waals surface area contributed by atoms with Crippen LogP contribution >= 0.6 is 27.3 Å². The first-order valence-corrected chi connectivity index (χ1v) is 7.72. The topological polar surface area (TPSA) is 25.2 Å². The van der Waals surface area contributed by atoms with Gasteiger partial charge in [0.05, 0.1) is 0 Å². The largest absolute Gasteiger partial charge is 0.466 e. The standard InChI is InChI=1S/C14H18BrNOS/c1-8-7-12(11(4)17-8)9(2)16-10(3)14-13(15)5-6-18-14/h5-7,9-10,16H,1-4H3. The van der Waals surface area contributed by atoms with Crippen molar-refractivity contribution < 1.29 is 4.42 Å². The summed E-state index contributed by atoms with van der Waals surface area (Å²) in [7, 11) is 0. The van der Waals surface area contributed by atoms with Crippen molar-refractivity contribution in [3.8, 4) is 0 Å². The number of halogens is 1. The van der Waals surface area contributed by atoms with Gasteiger partial charge in [-0.1, -0.05) is 0 Å². The molecule has 4 heteroatoms. The van der Waals surface area contributed by atoms with Gasteiger partial charge in [0.15, 0.2) is 0 Å². The van der Waals surface area contributed by atoms with Crippen LogP contribution in [0.1, 0.15) is 47.9 Å². The van der Waals surface area contributed by atoms with Crippen LogP contribution in [0, 0.1) is 13.8 Å². The van der Waals surface area contributed by atoms with Crippen molar-refractivity contribution in [1.82, 2.24) is 5.32 Å². The highest BCUT2D eigenvalue weighted by Crippen LogP contribution is 2.31. The Kier molecular flexibility index (Phi) is 4.30. The highest BCUT2D eigenvalue weighted by Gasteiger charge is 2.17. The molecule has 2 heterocycles. The minimum Gasteiger partial charge on any atom is -0.466 e. The lowest BCUT2D eigenvalue weighted by molar-refractivity contribution is 0.471. The van der Waals surface area contributed by atoms with Gasteiger partial charge >= 0.3 is 0 Å². The van der Waals surface area contributed by atoms with E-state index in [0.717, 1.165) is 11.5 Å². The molecular weight excluding hydrogens is 310 g/mol. The van der Waals surface area contributed by atoms with Crippen LogP contribution < -0.4 is 5.32 Å². The molecule has 2 aromatic heterocycles. The van der Waals surface area contributed by atoms with Crippen LogP contribution in [0.25, 0.3) is 0 Å². The van der Waals surface area contributed by atoms with E-state index in [-0.39, 0.29) is 6.04 Å². The van der Waals surface area contributed by atoms with Gasteiger partial charge in [-0.05, 0) is 61.1 Å². The van der Waals surface area contributed by atoms with E-state index in [9.17, 15) is 0 Å². The molecule has 1 N–H and O–H groups in total. The molecule has 0 fully saturated rings. The fraction of sp³-hybridized carbons (Fsp3) is 0.429. The van der Waals surface area contributed by atoms with Crippen molar-refractivity contribution in [2.45, 2.75) is 39.8 Å². The highest BCUT2D eigenvalue weighted by molar-refractivity contribution is 9.10. The number of aryl methyl sites for hydroxylation is 2. The number of rotatable bonds is 4. The molecule has 98 valence electrons. The molecule has 0 aliphatic heterocycles. The molecule has 2 unspecified atom stereocenters. The van der Waals surface area contributed by atoms with Crippen LogP contribution in [-0.2, 0) is 0 Å². The lowest BCUT2D eigenvalue weighted by atomic mass is 10.1. The minimum atomic E-state index is 0.284. The van der Waals surface area contributed by atoms with Crippen LogP contribution in [0.2, 0.25) is 0 Å². The Morgan fingerprint density at radius 1 is 1.28 bits per heavy atom. The van der Waals surface area contributed by atoms with E-state index in [4.69, 9.17) is 4.42 Å². The van der Waals surface area contributed by atoms with Crippen molar-refractivity contribution in [1.29, 1.82) is 0 Å². The third-order valence-electron chi connectivity index (χ3n) is 3.08. The van der Waals surface area contributed by atoms with E-state index in [2.05, 4.69) is 52.6 Å². The van der Waals surface area contributed by atoms with E-state index in [0.29, 0.717) is 6.04 Å². The second-order valence-corrected chi connectivity index (χ2v) is 6.41. The Labute approximate surface area is 121 Å². The molecule has 0 aliphatic carbocycles. The molecule has 2 aromatic rings. The fourth-order valence-electron chi connectivity index (χ4n) is 2.24. The molecular formula is C14H18BrNOS. The molecule has 0 radical (unpaired) electrons. The van der Waals surface area contributed by atoms with Crippen molar-refractivity contribution in [2.75, 3.05) is 0 Å². The fourth-order valence-corrected chi connectivity index (χ4v) is 3.97. The number of nitrogens with one attached hydrogen (secondary N) is 1. The summed E-state index contributed by atoms with van der Waals surface area (Å²) in [5, 5.41) is 5.72. The monoisotopic (exact) mass is 327 g/mol. The van der Waals surface area contributed by atoms with Gasteiger partial charge in [-0.3, -0.25) is 0 Å². The molecule has 0 aromatic carbocycles. The van der Waals surface area contributed by atoms with Crippen molar-refractivity contribution in [3.63, 3.8) is 0 Å². The number of furan rings is 1. The average Bonchev–Trinajstić information content (AvgIpc) is 2.84. The first-order valence-electron chi connectivity index (χ1n) is 6.05. The summed E-state index contributed by atoms with van der Waals surface area (Å²) in [6.07, 6.45) is 0. The molecule has 0 aliphatic rings. The predicted molar refractivity (Wildman–Crippen MR) is 80.2 cm³/mol. The Morgan fingerprint density at radius 3 is 2.50 bits per heavy atom. The molecule has 0 saturated carbocycles. The number of hydrogen-bond acceptors (Lipinski definition) is 3. The summed E-state index contributed by atoms with van der Waals surface area (Å²) in [6.45, 7) is 8.37. The normalized spacial score (nSPS) is 14.7. The van der Waals surface area contributed by atoms with Gasteiger partial charge in [-0.2, -0.15) is 0 Å². The Balaban J connectivity index is 2.10. The molecule has 0 spiro atoms. The van der Waals surface area contributed by atoms with Gasteiger partial charge < -0.3 is 9.73 Å². The van der Waals surface area contributed by atoms with Crippen LogP contribution in [0.4, 0.5) is 0 Å². The maximum atomic E-state index is 5.58. The summed E-state index contributed by atoms with van der Waals surface area (Å²) in [5.41, 5.74) is 1.24. The van der Waals surface area contributed by atoms with Crippen molar-refractivity contribution in [3.05, 3.63) is 43.9 Å². The van der Waals surface area contributed by atoms with Gasteiger partial charge in [0.1, 0.15) is 11.5 Å². The Bertz CT molecular complexity index is 532. The number of thiophene rings is 1. The SMILES string of the molecule is Cc1cc(C(C)NC(C)c2sccc2Br)c(C)o1. The zero-order valence-electron chi connectivity index (χ0n) is 11.1. The minimum absolute atomic E-state index is 0.284. The number of hydrogen-bond donors (Lipinski definition) is 1. The second kappa shape index (κ2) is 5.59. The first kappa shape index (κ1) is 13.8. The molecule has 2 nitrogen and oxygen atoms in total. The molecule has 0 bridgehead atoms. The van der Waals surface area contributed by atoms with Crippen LogP contribution in [-0.4, -0.2) is 0 Å². The lowest BCUT2D eigenvalue weighted by Crippen LogP contribution is -2.22. The van der Waals surface area contributed by atoms with Gasteiger partial charge in [0.2, 0.25) is 0 Å². The quantitative estimate of drug-likeness (QED) is 0.841. The van der Waals surface area contributed by atoms with Gasteiger partial charge in [-0.15, -0.1) is 11.3 Å². The zero-order chi connectivity index (χ0) is 13.3. The van der Waals surface area contributed by atoms with Crippen LogP contribution in [0.15, 0.2) is 26.4 Å². The predicted octanol–water partition coefficient (Wildman–Crippen LogP) is 5.13. The molecule has 18 heavy (non-hydrogen) atoms. The zero-order valence-corrected chi connectivity index (χ0v) is 13.5. The maximum Gasteiger partial charge on any atom is 0.105 e. The van der Waals surface area contributed by atoms with Crippen molar-refractivity contribution >= 4 is 27.3 Å². The molecule has 0 saturated heterocycles. The summed E-state index contributed by atoms with van der Waals surface area (Å²) in [6, 6.07) is 4.81. The van der Waals surface area contributed by atoms with Crippen molar-refractivity contribution in [2.24, 2.45) is 0 Å². The van der Waals surface area contributed by atoms with Crippen LogP contribution in [0.5, 0.6) is 0 Å². The molecule has 2 rings (SSSR count). The Hall–Kier alpha value is -0.580. The summed E-state index contributed by atoms with van der Waals surface area (Å²) >= 11 is 5.35. The highest BCUT2D eigenvalue weighted by atomic mass is 79.9. The van der Waals surface area contributed by atoms with E-state index in [1.807, 2.05) is 13.8 Å². The maximum absolute atomic E-state index is 5.58. The average molecular weight is 328 g/mol. The molecule has 2 atom stereocenters. The van der Waals surface area contributed by atoms with E-state index < -0.39 is 0 Å². The van der Waals surface area contributed by atoms with Gasteiger partial charge in [0, 0.05) is 27.0 Å². The molecule has 0 amide bonds. The third kappa shape index (κ3) is 2.87. The van der Waals surface area contributed by atoms with Gasteiger partial charge in [0.25, 0.3) is 0 Å². The smallest absolute Gasteiger partial charge is 0.105 e. The summed E-state index contributed by atoms with van der Waals surface area (Å²) in [5.74, 6) is 1.98. The van der Waals surface area contributed by atoms with Gasteiger partial charge in [-0.25, -0.2) is 0 Å². The first-order chi connectivity index (χ1) is 8.49. The lowest BCUT2D eigenvalue weighted by Gasteiger charge is -2.19.